The van der Waals surface area contributed by atoms with Crippen LogP contribution in [0.3, 0.4) is 0 Å². The number of carbonyl (C=O) groups excluding carboxylic acids is 1. The van der Waals surface area contributed by atoms with Crippen LogP contribution in [-0.4, -0.2) is 59.1 Å². The van der Waals surface area contributed by atoms with Gasteiger partial charge in [-0.25, -0.2) is 0 Å². The quantitative estimate of drug-likeness (QED) is 0.725. The van der Waals surface area contributed by atoms with Gasteiger partial charge in [-0.2, -0.15) is 0 Å². The van der Waals surface area contributed by atoms with Crippen LogP contribution >= 0.6 is 0 Å². The van der Waals surface area contributed by atoms with Gasteiger partial charge < -0.3 is 10.0 Å². The van der Waals surface area contributed by atoms with Gasteiger partial charge in [0.05, 0.1) is 5.60 Å². The molecule has 1 rings (SSSR count). The van der Waals surface area contributed by atoms with Crippen molar-refractivity contribution in [2.24, 2.45) is 0 Å². The third kappa shape index (κ3) is 5.33. The van der Waals surface area contributed by atoms with Gasteiger partial charge in [-0.3, -0.25) is 9.69 Å². The van der Waals surface area contributed by atoms with E-state index in [1.807, 2.05) is 18.7 Å². The van der Waals surface area contributed by atoms with Crippen LogP contribution in [0.4, 0.5) is 0 Å². The van der Waals surface area contributed by atoms with Crippen molar-refractivity contribution in [3.63, 3.8) is 0 Å². The van der Waals surface area contributed by atoms with Crippen LogP contribution in [0.25, 0.3) is 0 Å². The van der Waals surface area contributed by atoms with Gasteiger partial charge in [-0.15, -0.1) is 6.58 Å². The Balaban J connectivity index is 2.30. The first kappa shape index (κ1) is 14.2. The topological polar surface area (TPSA) is 43.8 Å². The molecule has 0 saturated carbocycles. The zero-order chi connectivity index (χ0) is 12.9. The van der Waals surface area contributed by atoms with Crippen molar-refractivity contribution in [2.75, 3.05) is 32.7 Å². The van der Waals surface area contributed by atoms with Gasteiger partial charge in [0, 0.05) is 39.1 Å². The highest BCUT2D eigenvalue weighted by Crippen LogP contribution is 2.09. The minimum Gasteiger partial charge on any atom is -0.389 e. The Kier molecular flexibility index (Phi) is 5.15. The maximum Gasteiger partial charge on any atom is 0.222 e. The Labute approximate surface area is 104 Å². The zero-order valence-corrected chi connectivity index (χ0v) is 11.0. The summed E-state index contributed by atoms with van der Waals surface area (Å²) in [4.78, 5) is 15.9. The van der Waals surface area contributed by atoms with E-state index in [0.29, 0.717) is 13.0 Å². The molecule has 0 aromatic carbocycles. The van der Waals surface area contributed by atoms with Crippen molar-refractivity contribution in [3.05, 3.63) is 12.7 Å². The summed E-state index contributed by atoms with van der Waals surface area (Å²) in [5.41, 5.74) is -0.658. The molecule has 1 N–H and O–H groups in total. The van der Waals surface area contributed by atoms with E-state index < -0.39 is 5.60 Å². The van der Waals surface area contributed by atoms with Crippen LogP contribution < -0.4 is 0 Å². The second-order valence-electron chi connectivity index (χ2n) is 5.30. The summed E-state index contributed by atoms with van der Waals surface area (Å²) in [5.74, 6) is 0.216. The van der Waals surface area contributed by atoms with Gasteiger partial charge >= 0.3 is 0 Å². The van der Waals surface area contributed by atoms with E-state index in [0.717, 1.165) is 32.6 Å². The number of amides is 1. The molecule has 0 unspecified atom stereocenters. The first-order valence-corrected chi connectivity index (χ1v) is 6.26. The highest BCUT2D eigenvalue weighted by atomic mass is 16.3. The smallest absolute Gasteiger partial charge is 0.222 e. The summed E-state index contributed by atoms with van der Waals surface area (Å²) in [5, 5.41) is 9.73. The second kappa shape index (κ2) is 6.17. The van der Waals surface area contributed by atoms with Crippen LogP contribution in [0.1, 0.15) is 26.7 Å². The van der Waals surface area contributed by atoms with Gasteiger partial charge in [0.15, 0.2) is 0 Å². The Bertz CT molecular complexity index is 263. The van der Waals surface area contributed by atoms with Gasteiger partial charge in [-0.1, -0.05) is 6.08 Å². The maximum atomic E-state index is 11.8. The van der Waals surface area contributed by atoms with E-state index in [2.05, 4.69) is 11.5 Å². The SMILES string of the molecule is C=CCCC(=O)N1CCN(CC(C)(C)O)CC1. The van der Waals surface area contributed by atoms with Crippen LogP contribution in [0.15, 0.2) is 12.7 Å². The Hall–Kier alpha value is -0.870. The van der Waals surface area contributed by atoms with Gasteiger partial charge in [0.25, 0.3) is 0 Å². The average molecular weight is 240 g/mol. The highest BCUT2D eigenvalue weighted by Gasteiger charge is 2.24. The minimum absolute atomic E-state index is 0.216. The first-order valence-electron chi connectivity index (χ1n) is 6.26. The van der Waals surface area contributed by atoms with Crippen LogP contribution in [-0.2, 0) is 4.79 Å². The largest absolute Gasteiger partial charge is 0.389 e. The van der Waals surface area contributed by atoms with E-state index in [4.69, 9.17) is 0 Å². The first-order chi connectivity index (χ1) is 7.92. The average Bonchev–Trinajstić information content (AvgIpc) is 2.24. The monoisotopic (exact) mass is 240 g/mol. The van der Waals surface area contributed by atoms with Crippen molar-refractivity contribution < 1.29 is 9.90 Å². The molecule has 1 amide bonds. The fourth-order valence-corrected chi connectivity index (χ4v) is 2.09. The molecule has 98 valence electrons. The molecule has 1 aliphatic rings. The Morgan fingerprint density at radius 3 is 2.41 bits per heavy atom. The maximum absolute atomic E-state index is 11.8. The number of allylic oxidation sites excluding steroid dienone is 1. The lowest BCUT2D eigenvalue weighted by atomic mass is 10.1. The number of β-amino-alcohol motifs (C(OH)–C–C–N with tert-alkyl or cyclic N) is 1. The Morgan fingerprint density at radius 1 is 1.35 bits per heavy atom. The third-order valence-corrected chi connectivity index (χ3v) is 2.90. The molecule has 0 aliphatic carbocycles. The Morgan fingerprint density at radius 2 is 1.94 bits per heavy atom. The van der Waals surface area contributed by atoms with E-state index in [1.54, 1.807) is 6.08 Å². The molecule has 0 aromatic heterocycles. The van der Waals surface area contributed by atoms with Crippen molar-refractivity contribution in [2.45, 2.75) is 32.3 Å². The second-order valence-corrected chi connectivity index (χ2v) is 5.30. The number of nitrogens with zero attached hydrogens (tertiary/aromatic N) is 2. The molecule has 1 heterocycles. The molecule has 4 heteroatoms. The number of hydrogen-bond acceptors (Lipinski definition) is 3. The molecular formula is C13H24N2O2. The third-order valence-electron chi connectivity index (χ3n) is 2.90. The van der Waals surface area contributed by atoms with Crippen molar-refractivity contribution in [3.8, 4) is 0 Å². The van der Waals surface area contributed by atoms with Crippen LogP contribution in [0.2, 0.25) is 0 Å². The molecule has 4 nitrogen and oxygen atoms in total. The summed E-state index contributed by atoms with van der Waals surface area (Å²) in [6.07, 6.45) is 3.10. The van der Waals surface area contributed by atoms with E-state index in [-0.39, 0.29) is 5.91 Å². The van der Waals surface area contributed by atoms with Gasteiger partial charge in [-0.05, 0) is 20.3 Å². The van der Waals surface area contributed by atoms with Crippen molar-refractivity contribution in [1.82, 2.24) is 9.80 Å². The lowest BCUT2D eigenvalue weighted by Gasteiger charge is -2.37. The predicted octanol–water partition coefficient (Wildman–Crippen LogP) is 0.868. The molecule has 0 bridgehead atoms. The summed E-state index contributed by atoms with van der Waals surface area (Å²) in [6.45, 7) is 11.2. The molecule has 1 saturated heterocycles. The van der Waals surface area contributed by atoms with E-state index >= 15 is 0 Å². The number of aliphatic hydroxyl groups is 1. The van der Waals surface area contributed by atoms with Crippen molar-refractivity contribution >= 4 is 5.91 Å². The molecule has 1 fully saturated rings. The molecule has 0 aromatic rings. The summed E-state index contributed by atoms with van der Waals surface area (Å²) < 4.78 is 0. The summed E-state index contributed by atoms with van der Waals surface area (Å²) in [6, 6.07) is 0. The zero-order valence-electron chi connectivity index (χ0n) is 11.0. The summed E-state index contributed by atoms with van der Waals surface area (Å²) in [7, 11) is 0. The van der Waals surface area contributed by atoms with Crippen molar-refractivity contribution in [1.29, 1.82) is 0 Å². The molecule has 0 spiro atoms. The van der Waals surface area contributed by atoms with E-state index in [9.17, 15) is 9.90 Å². The predicted molar refractivity (Wildman–Crippen MR) is 68.7 cm³/mol. The number of piperazine rings is 1. The van der Waals surface area contributed by atoms with Crippen LogP contribution in [0.5, 0.6) is 0 Å². The summed E-state index contributed by atoms with van der Waals surface area (Å²) >= 11 is 0. The molecular weight excluding hydrogens is 216 g/mol. The number of rotatable bonds is 5. The fraction of sp³-hybridized carbons (Fsp3) is 0.769. The lowest BCUT2D eigenvalue weighted by Crippen LogP contribution is -2.51. The fourth-order valence-electron chi connectivity index (χ4n) is 2.09. The van der Waals surface area contributed by atoms with Crippen LogP contribution in [0, 0.1) is 0 Å². The number of carbonyl (C=O) groups is 1. The number of hydrogen-bond donors (Lipinski definition) is 1. The molecule has 1 aliphatic heterocycles. The van der Waals surface area contributed by atoms with E-state index in [1.165, 1.54) is 0 Å². The van der Waals surface area contributed by atoms with Gasteiger partial charge in [0.1, 0.15) is 0 Å². The van der Waals surface area contributed by atoms with Gasteiger partial charge in [0.2, 0.25) is 5.91 Å². The standard InChI is InChI=1S/C13H24N2O2/c1-4-5-6-12(16)15-9-7-14(8-10-15)11-13(2,3)17/h4,17H,1,5-11H2,2-3H3. The minimum atomic E-state index is -0.658. The highest BCUT2D eigenvalue weighted by molar-refractivity contribution is 5.76. The molecule has 0 radical (unpaired) electrons. The normalized spacial score (nSPS) is 18.2. The molecule has 0 atom stereocenters. The lowest BCUT2D eigenvalue weighted by molar-refractivity contribution is -0.133. The molecule has 17 heavy (non-hydrogen) atoms.